The van der Waals surface area contributed by atoms with Crippen molar-refractivity contribution in [1.29, 1.82) is 0 Å². The van der Waals surface area contributed by atoms with Crippen LogP contribution in [0.5, 0.6) is 5.75 Å². The SMILES string of the molecule is CCOc1ccc(C=NNC(=O)CC2C(=O)NN=C2C)cc1. The monoisotopic (exact) mass is 302 g/mol. The van der Waals surface area contributed by atoms with E-state index in [1.54, 1.807) is 6.92 Å². The molecule has 1 atom stereocenters. The van der Waals surface area contributed by atoms with Crippen LogP contribution in [-0.4, -0.2) is 30.3 Å². The summed E-state index contributed by atoms with van der Waals surface area (Å²) in [6.45, 7) is 4.24. The molecule has 2 rings (SSSR count). The fourth-order valence-electron chi connectivity index (χ4n) is 1.96. The van der Waals surface area contributed by atoms with E-state index in [-0.39, 0.29) is 18.2 Å². The van der Waals surface area contributed by atoms with Gasteiger partial charge in [0.05, 0.1) is 18.7 Å². The van der Waals surface area contributed by atoms with Crippen molar-refractivity contribution in [3.8, 4) is 5.75 Å². The largest absolute Gasteiger partial charge is 0.494 e. The Kier molecular flexibility index (Phi) is 5.24. The van der Waals surface area contributed by atoms with Gasteiger partial charge in [-0.25, -0.2) is 10.9 Å². The van der Waals surface area contributed by atoms with E-state index in [2.05, 4.69) is 21.1 Å². The summed E-state index contributed by atoms with van der Waals surface area (Å²) < 4.78 is 5.33. The average molecular weight is 302 g/mol. The minimum atomic E-state index is -0.513. The molecule has 116 valence electrons. The lowest BCUT2D eigenvalue weighted by atomic mass is 10.0. The summed E-state index contributed by atoms with van der Waals surface area (Å²) in [6.07, 6.45) is 1.56. The Hall–Kier alpha value is -2.70. The summed E-state index contributed by atoms with van der Waals surface area (Å²) in [5.41, 5.74) is 6.18. The molecule has 2 amide bonds. The molecule has 7 heteroatoms. The van der Waals surface area contributed by atoms with Crippen molar-refractivity contribution in [3.05, 3.63) is 29.8 Å². The first-order chi connectivity index (χ1) is 10.6. The lowest BCUT2D eigenvalue weighted by Gasteiger charge is -2.05. The molecular formula is C15H18N4O3. The number of amides is 2. The Morgan fingerprint density at radius 1 is 1.45 bits per heavy atom. The maximum atomic E-state index is 11.7. The molecule has 7 nitrogen and oxygen atoms in total. The van der Waals surface area contributed by atoms with Gasteiger partial charge in [-0.3, -0.25) is 9.59 Å². The molecule has 0 aliphatic carbocycles. The Morgan fingerprint density at radius 2 is 2.18 bits per heavy atom. The zero-order valence-electron chi connectivity index (χ0n) is 12.5. The molecule has 1 unspecified atom stereocenters. The van der Waals surface area contributed by atoms with Crippen LogP contribution in [0.2, 0.25) is 0 Å². The number of benzene rings is 1. The smallest absolute Gasteiger partial charge is 0.249 e. The second-order valence-corrected chi connectivity index (χ2v) is 4.78. The molecule has 2 N–H and O–H groups in total. The second-order valence-electron chi connectivity index (χ2n) is 4.78. The minimum Gasteiger partial charge on any atom is -0.494 e. The van der Waals surface area contributed by atoms with E-state index in [4.69, 9.17) is 4.74 Å². The average Bonchev–Trinajstić information content (AvgIpc) is 2.81. The number of carbonyl (C=O) groups excluding carboxylic acids is 2. The number of ether oxygens (including phenoxy) is 1. The summed E-state index contributed by atoms with van der Waals surface area (Å²) in [4.78, 5) is 23.2. The van der Waals surface area contributed by atoms with E-state index in [0.717, 1.165) is 11.3 Å². The van der Waals surface area contributed by atoms with E-state index >= 15 is 0 Å². The third-order valence-corrected chi connectivity index (χ3v) is 3.15. The zero-order valence-corrected chi connectivity index (χ0v) is 12.5. The number of nitrogens with one attached hydrogen (secondary N) is 2. The molecule has 0 fully saturated rings. The predicted molar refractivity (Wildman–Crippen MR) is 82.7 cm³/mol. The molecule has 22 heavy (non-hydrogen) atoms. The lowest BCUT2D eigenvalue weighted by Crippen LogP contribution is -2.29. The van der Waals surface area contributed by atoms with Gasteiger partial charge in [-0.15, -0.1) is 0 Å². The molecule has 1 heterocycles. The van der Waals surface area contributed by atoms with Crippen molar-refractivity contribution >= 4 is 23.7 Å². The van der Waals surface area contributed by atoms with Crippen LogP contribution in [-0.2, 0) is 9.59 Å². The topological polar surface area (TPSA) is 92.1 Å². The van der Waals surface area contributed by atoms with Gasteiger partial charge in [-0.05, 0) is 43.7 Å². The maximum absolute atomic E-state index is 11.7. The summed E-state index contributed by atoms with van der Waals surface area (Å²) in [6, 6.07) is 7.33. The van der Waals surface area contributed by atoms with E-state index in [9.17, 15) is 9.59 Å². The predicted octanol–water partition coefficient (Wildman–Crippen LogP) is 1.05. The number of carbonyl (C=O) groups is 2. The number of hydrazone groups is 2. The molecule has 1 aromatic carbocycles. The van der Waals surface area contributed by atoms with Crippen LogP contribution in [0.25, 0.3) is 0 Å². The highest BCUT2D eigenvalue weighted by molar-refractivity contribution is 6.09. The van der Waals surface area contributed by atoms with Crippen LogP contribution in [0.3, 0.4) is 0 Å². The quantitative estimate of drug-likeness (QED) is 0.607. The minimum absolute atomic E-state index is 0.0295. The van der Waals surface area contributed by atoms with E-state index in [0.29, 0.717) is 12.3 Å². The molecule has 0 saturated heterocycles. The fourth-order valence-corrected chi connectivity index (χ4v) is 1.96. The number of hydrogen-bond donors (Lipinski definition) is 2. The Labute approximate surface area is 128 Å². The van der Waals surface area contributed by atoms with Gasteiger partial charge in [0, 0.05) is 12.1 Å². The standard InChI is InChI=1S/C15H18N4O3/c1-3-22-12-6-4-11(5-7-12)9-16-18-14(20)8-13-10(2)17-19-15(13)21/h4-7,9,13H,3,8H2,1-2H3,(H,18,20)(H,19,21). The summed E-state index contributed by atoms with van der Waals surface area (Å²) >= 11 is 0. The molecule has 0 saturated carbocycles. The molecule has 0 radical (unpaired) electrons. The lowest BCUT2D eigenvalue weighted by molar-refractivity contribution is -0.127. The first kappa shape index (κ1) is 15.7. The highest BCUT2D eigenvalue weighted by atomic mass is 16.5. The van der Waals surface area contributed by atoms with Crippen molar-refractivity contribution in [1.82, 2.24) is 10.9 Å². The highest BCUT2D eigenvalue weighted by Gasteiger charge is 2.28. The number of nitrogens with zero attached hydrogens (tertiary/aromatic N) is 2. The van der Waals surface area contributed by atoms with E-state index < -0.39 is 5.92 Å². The van der Waals surface area contributed by atoms with Crippen molar-refractivity contribution in [2.75, 3.05) is 6.61 Å². The van der Waals surface area contributed by atoms with Gasteiger partial charge >= 0.3 is 0 Å². The van der Waals surface area contributed by atoms with Gasteiger partial charge in [0.1, 0.15) is 5.75 Å². The van der Waals surface area contributed by atoms with Crippen molar-refractivity contribution in [3.63, 3.8) is 0 Å². The highest BCUT2D eigenvalue weighted by Crippen LogP contribution is 2.12. The van der Waals surface area contributed by atoms with Crippen LogP contribution in [0.4, 0.5) is 0 Å². The van der Waals surface area contributed by atoms with Crippen LogP contribution < -0.4 is 15.6 Å². The van der Waals surface area contributed by atoms with Gasteiger partial charge in [0.15, 0.2) is 0 Å². The molecule has 0 bridgehead atoms. The third kappa shape index (κ3) is 4.15. The maximum Gasteiger partial charge on any atom is 0.249 e. The normalized spacial score (nSPS) is 17.3. The number of hydrogen-bond acceptors (Lipinski definition) is 5. The van der Waals surface area contributed by atoms with Crippen molar-refractivity contribution < 1.29 is 14.3 Å². The van der Waals surface area contributed by atoms with Gasteiger partial charge in [-0.2, -0.15) is 10.2 Å². The zero-order chi connectivity index (χ0) is 15.9. The Morgan fingerprint density at radius 3 is 2.77 bits per heavy atom. The molecule has 1 aliphatic rings. The van der Waals surface area contributed by atoms with Crippen LogP contribution in [0.1, 0.15) is 25.8 Å². The second kappa shape index (κ2) is 7.35. The molecule has 1 aliphatic heterocycles. The van der Waals surface area contributed by atoms with Crippen molar-refractivity contribution in [2.24, 2.45) is 16.1 Å². The van der Waals surface area contributed by atoms with E-state index in [1.165, 1.54) is 6.21 Å². The molecule has 0 spiro atoms. The summed E-state index contributed by atoms with van der Waals surface area (Å²) in [5, 5.41) is 7.66. The van der Waals surface area contributed by atoms with Crippen molar-refractivity contribution in [2.45, 2.75) is 20.3 Å². The third-order valence-electron chi connectivity index (χ3n) is 3.15. The van der Waals surface area contributed by atoms with Crippen LogP contribution in [0.15, 0.2) is 34.5 Å². The molecule has 1 aromatic rings. The van der Waals surface area contributed by atoms with Gasteiger partial charge in [-0.1, -0.05) is 0 Å². The van der Waals surface area contributed by atoms with Gasteiger partial charge < -0.3 is 4.74 Å². The first-order valence-corrected chi connectivity index (χ1v) is 6.99. The Bertz CT molecular complexity index is 608. The van der Waals surface area contributed by atoms with Crippen LogP contribution in [0, 0.1) is 5.92 Å². The molecular weight excluding hydrogens is 284 g/mol. The van der Waals surface area contributed by atoms with Gasteiger partial charge in [0.25, 0.3) is 0 Å². The number of rotatable bonds is 6. The fraction of sp³-hybridized carbons (Fsp3) is 0.333. The van der Waals surface area contributed by atoms with E-state index in [1.807, 2.05) is 31.2 Å². The van der Waals surface area contributed by atoms with Crippen LogP contribution >= 0.6 is 0 Å². The Balaban J connectivity index is 1.82. The first-order valence-electron chi connectivity index (χ1n) is 6.99. The van der Waals surface area contributed by atoms with Gasteiger partial charge in [0.2, 0.25) is 11.8 Å². The summed E-state index contributed by atoms with van der Waals surface area (Å²) in [5.74, 6) is -0.326. The molecule has 0 aromatic heterocycles. The summed E-state index contributed by atoms with van der Waals surface area (Å²) in [7, 11) is 0.